The van der Waals surface area contributed by atoms with Crippen molar-refractivity contribution in [1.29, 1.82) is 0 Å². The summed E-state index contributed by atoms with van der Waals surface area (Å²) in [6.45, 7) is 11.2. The van der Waals surface area contributed by atoms with E-state index >= 15 is 0 Å². The van der Waals surface area contributed by atoms with Gasteiger partial charge in [-0.05, 0) is 65.3 Å². The Morgan fingerprint density at radius 1 is 0.886 bits per heavy atom. The van der Waals surface area contributed by atoms with Crippen LogP contribution >= 0.6 is 0 Å². The molecule has 2 aromatic carbocycles. The van der Waals surface area contributed by atoms with Crippen LogP contribution < -0.4 is 14.8 Å². The maximum atomic E-state index is 12.1. The number of amides is 1. The molecule has 0 aliphatic rings. The molecule has 1 N–H and O–H groups in total. The number of benzene rings is 2. The molecule has 0 aliphatic heterocycles. The van der Waals surface area contributed by atoms with E-state index in [1.54, 1.807) is 65.8 Å². The van der Waals surface area contributed by atoms with E-state index in [0.717, 1.165) is 5.56 Å². The number of carbonyl (C=O) groups excluding carboxylic acids is 2. The van der Waals surface area contributed by atoms with Crippen molar-refractivity contribution in [1.82, 2.24) is 10.3 Å². The van der Waals surface area contributed by atoms with Crippen molar-refractivity contribution in [2.45, 2.75) is 65.9 Å². The van der Waals surface area contributed by atoms with Gasteiger partial charge in [-0.2, -0.15) is 0 Å². The fourth-order valence-electron chi connectivity index (χ4n) is 3.08. The topological polar surface area (TPSA) is 96.0 Å². The normalized spacial score (nSPS) is 11.6. The van der Waals surface area contributed by atoms with Crippen molar-refractivity contribution in [2.75, 3.05) is 0 Å². The van der Waals surface area contributed by atoms with Crippen LogP contribution in [0.1, 0.15) is 52.8 Å². The molecule has 0 bridgehead atoms. The van der Waals surface area contributed by atoms with Gasteiger partial charge in [0.05, 0.1) is 17.8 Å². The summed E-state index contributed by atoms with van der Waals surface area (Å²) in [5.74, 6) is 0.840. The average Bonchev–Trinajstić information content (AvgIpc) is 2.74. The smallest absolute Gasteiger partial charge is 0.488 e. The lowest BCUT2D eigenvalue weighted by Crippen LogP contribution is -2.32. The van der Waals surface area contributed by atoms with Gasteiger partial charge in [-0.15, -0.1) is 0 Å². The number of carbonyl (C=O) groups is 2. The monoisotopic (exact) mass is 480 g/mol. The molecule has 8 nitrogen and oxygen atoms in total. The highest BCUT2D eigenvalue weighted by Gasteiger charge is 2.19. The summed E-state index contributed by atoms with van der Waals surface area (Å²) in [4.78, 5) is 28.8. The SMILES string of the molecule is CC(C)(C)OC(=O)NCc1cc(OCc2ccccc2)c2cc(OC(=O)OC(C)(C)C)ccc2n1. The lowest BCUT2D eigenvalue weighted by molar-refractivity contribution is 0.0206. The van der Waals surface area contributed by atoms with Crippen molar-refractivity contribution in [3.05, 3.63) is 65.9 Å². The Hall–Kier alpha value is -3.81. The highest BCUT2D eigenvalue weighted by molar-refractivity contribution is 5.87. The molecule has 186 valence electrons. The highest BCUT2D eigenvalue weighted by Crippen LogP contribution is 2.30. The number of rotatable bonds is 6. The molecule has 0 unspecified atom stereocenters. The molecule has 1 amide bonds. The maximum absolute atomic E-state index is 12.1. The van der Waals surface area contributed by atoms with Gasteiger partial charge in [0.1, 0.15) is 29.3 Å². The summed E-state index contributed by atoms with van der Waals surface area (Å²) in [5, 5.41) is 3.37. The molecule has 0 radical (unpaired) electrons. The predicted molar refractivity (Wildman–Crippen MR) is 132 cm³/mol. The van der Waals surface area contributed by atoms with Gasteiger partial charge in [0, 0.05) is 11.5 Å². The molecule has 0 aliphatic carbocycles. The second kappa shape index (κ2) is 10.6. The van der Waals surface area contributed by atoms with Crippen LogP contribution in [-0.2, 0) is 22.6 Å². The van der Waals surface area contributed by atoms with E-state index in [1.807, 2.05) is 30.3 Å². The first kappa shape index (κ1) is 25.8. The first-order valence-corrected chi connectivity index (χ1v) is 11.4. The van der Waals surface area contributed by atoms with Crippen LogP contribution in [0.4, 0.5) is 9.59 Å². The highest BCUT2D eigenvalue weighted by atomic mass is 16.7. The van der Waals surface area contributed by atoms with Gasteiger partial charge >= 0.3 is 12.2 Å². The first-order valence-electron chi connectivity index (χ1n) is 11.4. The predicted octanol–water partition coefficient (Wildman–Crippen LogP) is 6.15. The van der Waals surface area contributed by atoms with E-state index in [1.165, 1.54) is 0 Å². The number of hydrogen-bond acceptors (Lipinski definition) is 7. The molecule has 8 heteroatoms. The Morgan fingerprint density at radius 3 is 2.23 bits per heavy atom. The molecule has 1 heterocycles. The summed E-state index contributed by atoms with van der Waals surface area (Å²) in [6, 6.07) is 16.5. The van der Waals surface area contributed by atoms with Gasteiger partial charge in [-0.3, -0.25) is 4.98 Å². The fraction of sp³-hybridized carbons (Fsp3) is 0.370. The van der Waals surface area contributed by atoms with Gasteiger partial charge in [0.15, 0.2) is 0 Å². The molecule has 0 atom stereocenters. The zero-order valence-corrected chi connectivity index (χ0v) is 21.0. The summed E-state index contributed by atoms with van der Waals surface area (Å²) in [7, 11) is 0. The molecule has 1 aromatic heterocycles. The van der Waals surface area contributed by atoms with Crippen LogP contribution in [0.15, 0.2) is 54.6 Å². The molecule has 0 saturated carbocycles. The molecular weight excluding hydrogens is 448 g/mol. The molecule has 35 heavy (non-hydrogen) atoms. The van der Waals surface area contributed by atoms with Crippen molar-refractivity contribution >= 4 is 23.2 Å². The number of pyridine rings is 1. The van der Waals surface area contributed by atoms with E-state index in [2.05, 4.69) is 10.3 Å². The third-order valence-electron chi connectivity index (χ3n) is 4.44. The van der Waals surface area contributed by atoms with Crippen LogP contribution in [0.2, 0.25) is 0 Å². The van der Waals surface area contributed by atoms with Crippen molar-refractivity contribution in [3.8, 4) is 11.5 Å². The van der Waals surface area contributed by atoms with Crippen LogP contribution in [-0.4, -0.2) is 28.4 Å². The molecule has 3 aromatic rings. The number of alkyl carbamates (subject to hydrolysis) is 1. The zero-order chi connectivity index (χ0) is 25.6. The maximum Gasteiger partial charge on any atom is 0.514 e. The molecule has 0 fully saturated rings. The number of nitrogens with one attached hydrogen (secondary N) is 1. The first-order chi connectivity index (χ1) is 16.4. The number of nitrogens with zero attached hydrogens (tertiary/aromatic N) is 1. The number of hydrogen-bond donors (Lipinski definition) is 1. The van der Waals surface area contributed by atoms with Crippen molar-refractivity contribution in [2.24, 2.45) is 0 Å². The summed E-state index contributed by atoms with van der Waals surface area (Å²) in [6.07, 6.45) is -1.33. The quantitative estimate of drug-likeness (QED) is 0.334. The Balaban J connectivity index is 1.86. The molecule has 0 spiro atoms. The minimum atomic E-state index is -0.797. The van der Waals surface area contributed by atoms with Crippen LogP contribution in [0.3, 0.4) is 0 Å². The summed E-state index contributed by atoms with van der Waals surface area (Å²) in [5.41, 5.74) is 0.928. The standard InChI is InChI=1S/C27H32N2O6/c1-26(2,3)34-24(30)28-16-19-14-23(32-17-18-10-8-7-9-11-18)21-15-20(12-13-22(21)29-19)33-25(31)35-27(4,5)6/h7-15H,16-17H2,1-6H3,(H,28,30). The van der Waals surface area contributed by atoms with E-state index in [9.17, 15) is 9.59 Å². The number of fused-ring (bicyclic) bond motifs is 1. The van der Waals surface area contributed by atoms with Crippen molar-refractivity contribution < 1.29 is 28.5 Å². The minimum Gasteiger partial charge on any atom is -0.488 e. The lowest BCUT2D eigenvalue weighted by Gasteiger charge is -2.20. The van der Waals surface area contributed by atoms with Crippen LogP contribution in [0, 0.1) is 0 Å². The van der Waals surface area contributed by atoms with Gasteiger partial charge in [0.25, 0.3) is 0 Å². The van der Waals surface area contributed by atoms with E-state index in [4.69, 9.17) is 18.9 Å². The van der Waals surface area contributed by atoms with Gasteiger partial charge in [-0.25, -0.2) is 9.59 Å². The lowest BCUT2D eigenvalue weighted by atomic mass is 10.1. The largest absolute Gasteiger partial charge is 0.514 e. The van der Waals surface area contributed by atoms with E-state index in [-0.39, 0.29) is 6.54 Å². The van der Waals surface area contributed by atoms with E-state index < -0.39 is 23.5 Å². The third kappa shape index (κ3) is 8.48. The van der Waals surface area contributed by atoms with Crippen LogP contribution in [0.25, 0.3) is 10.9 Å². The van der Waals surface area contributed by atoms with Crippen molar-refractivity contribution in [3.63, 3.8) is 0 Å². The van der Waals surface area contributed by atoms with Gasteiger partial charge in [0.2, 0.25) is 0 Å². The Morgan fingerprint density at radius 2 is 1.57 bits per heavy atom. The fourth-order valence-corrected chi connectivity index (χ4v) is 3.08. The summed E-state index contributed by atoms with van der Waals surface area (Å²) < 4.78 is 22.0. The Bertz CT molecular complexity index is 1180. The second-order valence-electron chi connectivity index (χ2n) is 9.99. The Labute approximate surface area is 205 Å². The van der Waals surface area contributed by atoms with E-state index in [0.29, 0.717) is 34.7 Å². The molecule has 0 saturated heterocycles. The zero-order valence-electron chi connectivity index (χ0n) is 21.0. The van der Waals surface area contributed by atoms with Gasteiger partial charge < -0.3 is 24.3 Å². The average molecular weight is 481 g/mol. The third-order valence-corrected chi connectivity index (χ3v) is 4.44. The summed E-state index contributed by atoms with van der Waals surface area (Å²) >= 11 is 0. The van der Waals surface area contributed by atoms with Crippen LogP contribution in [0.5, 0.6) is 11.5 Å². The molecular formula is C27H32N2O6. The van der Waals surface area contributed by atoms with Gasteiger partial charge in [-0.1, -0.05) is 30.3 Å². The minimum absolute atomic E-state index is 0.155. The number of aromatic nitrogens is 1. The second-order valence-corrected chi connectivity index (χ2v) is 9.99. The Kier molecular flexibility index (Phi) is 7.84. The number of ether oxygens (including phenoxy) is 4. The molecule has 3 rings (SSSR count).